The van der Waals surface area contributed by atoms with Crippen LogP contribution in [0, 0.1) is 6.92 Å². The molecule has 2 atom stereocenters. The Labute approximate surface area is 140 Å². The largest absolute Gasteiger partial charge is 0.349 e. The summed E-state index contributed by atoms with van der Waals surface area (Å²) in [6, 6.07) is 7.26. The molecule has 23 heavy (non-hydrogen) atoms. The Morgan fingerprint density at radius 1 is 1.17 bits per heavy atom. The molecule has 1 aromatic heterocycles. The Kier molecular flexibility index (Phi) is 4.76. The molecule has 1 aliphatic rings. The molecule has 1 aromatic carbocycles. The molecule has 1 saturated carbocycles. The summed E-state index contributed by atoms with van der Waals surface area (Å²) in [5.41, 5.74) is 1.52. The maximum Gasteiger partial charge on any atom is 0.253 e. The predicted octanol–water partition coefficient (Wildman–Crippen LogP) is 3.20. The van der Waals surface area contributed by atoms with Crippen molar-refractivity contribution in [1.29, 1.82) is 0 Å². The monoisotopic (exact) mass is 330 g/mol. The molecule has 1 heterocycles. The van der Waals surface area contributed by atoms with E-state index in [4.69, 9.17) is 11.6 Å². The molecule has 2 N–H and O–H groups in total. The summed E-state index contributed by atoms with van der Waals surface area (Å²) < 4.78 is 0. The Bertz CT molecular complexity index is 689. The molecular formula is C17H19ClN4O. The zero-order valence-corrected chi connectivity index (χ0v) is 13.7. The topological polar surface area (TPSA) is 66.9 Å². The summed E-state index contributed by atoms with van der Waals surface area (Å²) in [5.74, 6) is 0.457. The highest BCUT2D eigenvalue weighted by molar-refractivity contribution is 6.33. The third kappa shape index (κ3) is 3.79. The molecule has 5 nitrogen and oxygen atoms in total. The van der Waals surface area contributed by atoms with Crippen LogP contribution in [-0.2, 0) is 0 Å². The van der Waals surface area contributed by atoms with Gasteiger partial charge in [-0.15, -0.1) is 0 Å². The minimum atomic E-state index is -0.140. The van der Waals surface area contributed by atoms with Crippen molar-refractivity contribution in [2.75, 3.05) is 5.32 Å². The molecule has 2 aromatic rings. The fourth-order valence-corrected chi connectivity index (χ4v) is 3.05. The van der Waals surface area contributed by atoms with Gasteiger partial charge in [-0.05, 0) is 43.9 Å². The number of halogens is 1. The van der Waals surface area contributed by atoms with Gasteiger partial charge in [0.2, 0.25) is 5.95 Å². The van der Waals surface area contributed by atoms with E-state index in [0.29, 0.717) is 16.5 Å². The number of carbonyl (C=O) groups excluding carboxylic acids is 1. The second kappa shape index (κ2) is 6.96. The van der Waals surface area contributed by atoms with E-state index in [9.17, 15) is 4.79 Å². The van der Waals surface area contributed by atoms with Crippen molar-refractivity contribution in [2.45, 2.75) is 38.3 Å². The normalized spacial score (nSPS) is 20.3. The standard InChI is InChI=1S/C17H19ClN4O/c1-11-9-19-17(20-10-11)22-15-8-4-7-14(15)21-16(23)12-5-2-3-6-13(12)18/h2-3,5-6,9-10,14-15H,4,7-8H2,1H3,(H,21,23)(H,19,20,22)/t14-,15-/m0/s1. The first-order valence-electron chi connectivity index (χ1n) is 7.74. The minimum Gasteiger partial charge on any atom is -0.349 e. The minimum absolute atomic E-state index is 0.0451. The molecular weight excluding hydrogens is 312 g/mol. The Morgan fingerprint density at radius 2 is 1.87 bits per heavy atom. The third-order valence-corrected chi connectivity index (χ3v) is 4.38. The second-order valence-corrected chi connectivity index (χ2v) is 6.23. The van der Waals surface area contributed by atoms with Crippen molar-refractivity contribution in [1.82, 2.24) is 15.3 Å². The van der Waals surface area contributed by atoms with Crippen LogP contribution in [0.25, 0.3) is 0 Å². The number of nitrogens with zero attached hydrogens (tertiary/aromatic N) is 2. The molecule has 0 unspecified atom stereocenters. The molecule has 1 fully saturated rings. The van der Waals surface area contributed by atoms with Crippen LogP contribution >= 0.6 is 11.6 Å². The fraction of sp³-hybridized carbons (Fsp3) is 0.353. The van der Waals surface area contributed by atoms with Crippen LogP contribution in [0.2, 0.25) is 5.02 Å². The Morgan fingerprint density at radius 3 is 2.61 bits per heavy atom. The second-order valence-electron chi connectivity index (χ2n) is 5.83. The molecule has 0 saturated heterocycles. The highest BCUT2D eigenvalue weighted by Gasteiger charge is 2.29. The van der Waals surface area contributed by atoms with Crippen molar-refractivity contribution >= 4 is 23.5 Å². The first-order chi connectivity index (χ1) is 11.1. The molecule has 3 rings (SSSR count). The smallest absolute Gasteiger partial charge is 0.253 e. The van der Waals surface area contributed by atoms with Crippen molar-refractivity contribution in [3.8, 4) is 0 Å². The lowest BCUT2D eigenvalue weighted by molar-refractivity contribution is 0.0936. The van der Waals surface area contributed by atoms with E-state index in [-0.39, 0.29) is 18.0 Å². The van der Waals surface area contributed by atoms with Crippen molar-refractivity contribution in [3.05, 3.63) is 52.8 Å². The maximum absolute atomic E-state index is 12.4. The van der Waals surface area contributed by atoms with Gasteiger partial charge < -0.3 is 10.6 Å². The van der Waals surface area contributed by atoms with Gasteiger partial charge in [0.05, 0.1) is 10.6 Å². The molecule has 6 heteroatoms. The summed E-state index contributed by atoms with van der Waals surface area (Å²) >= 11 is 6.09. The first-order valence-corrected chi connectivity index (χ1v) is 8.12. The zero-order valence-electron chi connectivity index (χ0n) is 12.9. The number of aryl methyl sites for hydroxylation is 1. The zero-order chi connectivity index (χ0) is 16.2. The van der Waals surface area contributed by atoms with Gasteiger partial charge >= 0.3 is 0 Å². The molecule has 120 valence electrons. The van der Waals surface area contributed by atoms with Crippen LogP contribution in [0.15, 0.2) is 36.7 Å². The van der Waals surface area contributed by atoms with Crippen molar-refractivity contribution in [3.63, 3.8) is 0 Å². The van der Waals surface area contributed by atoms with E-state index >= 15 is 0 Å². The van der Waals surface area contributed by atoms with Crippen LogP contribution in [0.4, 0.5) is 5.95 Å². The maximum atomic E-state index is 12.4. The van der Waals surface area contributed by atoms with Crippen molar-refractivity contribution in [2.24, 2.45) is 0 Å². The summed E-state index contributed by atoms with van der Waals surface area (Å²) in [6.45, 7) is 1.95. The van der Waals surface area contributed by atoms with Crippen LogP contribution in [0.3, 0.4) is 0 Å². The van der Waals surface area contributed by atoms with Gasteiger partial charge in [-0.1, -0.05) is 23.7 Å². The lowest BCUT2D eigenvalue weighted by Crippen LogP contribution is -2.43. The number of hydrogen-bond acceptors (Lipinski definition) is 4. The quantitative estimate of drug-likeness (QED) is 0.903. The van der Waals surface area contributed by atoms with Crippen LogP contribution in [0.1, 0.15) is 35.2 Å². The van der Waals surface area contributed by atoms with Crippen molar-refractivity contribution < 1.29 is 4.79 Å². The van der Waals surface area contributed by atoms with Gasteiger partial charge in [-0.25, -0.2) is 9.97 Å². The molecule has 0 radical (unpaired) electrons. The number of amides is 1. The van der Waals surface area contributed by atoms with Gasteiger partial charge in [0.15, 0.2) is 0 Å². The Balaban J connectivity index is 1.66. The number of anilines is 1. The first kappa shape index (κ1) is 15.7. The van der Waals surface area contributed by atoms with Gasteiger partial charge in [0.1, 0.15) is 0 Å². The summed E-state index contributed by atoms with van der Waals surface area (Å²) in [7, 11) is 0. The van der Waals surface area contributed by atoms with E-state index in [1.807, 2.05) is 19.1 Å². The summed E-state index contributed by atoms with van der Waals surface area (Å²) in [5, 5.41) is 6.86. The van der Waals surface area contributed by atoms with E-state index in [0.717, 1.165) is 24.8 Å². The lowest BCUT2D eigenvalue weighted by atomic mass is 10.1. The number of benzene rings is 1. The molecule has 0 spiro atoms. The SMILES string of the molecule is Cc1cnc(N[C@H]2CCC[C@@H]2NC(=O)c2ccccc2Cl)nc1. The van der Waals surface area contributed by atoms with E-state index in [1.54, 1.807) is 24.5 Å². The van der Waals surface area contributed by atoms with E-state index in [2.05, 4.69) is 20.6 Å². The third-order valence-electron chi connectivity index (χ3n) is 4.05. The van der Waals surface area contributed by atoms with Crippen LogP contribution < -0.4 is 10.6 Å². The van der Waals surface area contributed by atoms with Crippen LogP contribution in [-0.4, -0.2) is 28.0 Å². The van der Waals surface area contributed by atoms with Gasteiger partial charge in [0.25, 0.3) is 5.91 Å². The number of carbonyl (C=O) groups is 1. The number of nitrogens with one attached hydrogen (secondary N) is 2. The summed E-state index contributed by atoms with van der Waals surface area (Å²) in [6.07, 6.45) is 6.52. The molecule has 0 aliphatic heterocycles. The van der Waals surface area contributed by atoms with E-state index < -0.39 is 0 Å². The number of rotatable bonds is 4. The lowest BCUT2D eigenvalue weighted by Gasteiger charge is -2.22. The Hall–Kier alpha value is -2.14. The summed E-state index contributed by atoms with van der Waals surface area (Å²) in [4.78, 5) is 21.0. The average Bonchev–Trinajstić information content (AvgIpc) is 2.97. The number of aromatic nitrogens is 2. The van der Waals surface area contributed by atoms with Gasteiger partial charge in [0, 0.05) is 24.5 Å². The highest BCUT2D eigenvalue weighted by Crippen LogP contribution is 2.23. The average molecular weight is 331 g/mol. The van der Waals surface area contributed by atoms with Gasteiger partial charge in [-0.2, -0.15) is 0 Å². The van der Waals surface area contributed by atoms with E-state index in [1.165, 1.54) is 0 Å². The van der Waals surface area contributed by atoms with Gasteiger partial charge in [-0.3, -0.25) is 4.79 Å². The molecule has 0 bridgehead atoms. The molecule has 1 aliphatic carbocycles. The predicted molar refractivity (Wildman–Crippen MR) is 90.7 cm³/mol. The molecule has 1 amide bonds. The number of hydrogen-bond donors (Lipinski definition) is 2. The highest BCUT2D eigenvalue weighted by atomic mass is 35.5. The fourth-order valence-electron chi connectivity index (χ4n) is 2.83. The van der Waals surface area contributed by atoms with Crippen LogP contribution in [0.5, 0.6) is 0 Å².